The molecule has 3 rings (SSSR count). The van der Waals surface area contributed by atoms with Crippen molar-refractivity contribution in [3.8, 4) is 0 Å². The molecule has 0 aliphatic heterocycles. The molecule has 0 bridgehead atoms. The van der Waals surface area contributed by atoms with Gasteiger partial charge in [0.2, 0.25) is 0 Å². The average Bonchev–Trinajstić information content (AvgIpc) is 2.56. The lowest BCUT2D eigenvalue weighted by atomic mass is 10.3. The minimum Gasteiger partial charge on any atom is -0.337 e. The molecule has 0 amide bonds. The lowest BCUT2D eigenvalue weighted by Crippen LogP contribution is -1.94. The molecule has 3 aromatic rings. The Labute approximate surface area is 105 Å². The fourth-order valence-corrected chi connectivity index (χ4v) is 2.72. The fourth-order valence-electron chi connectivity index (χ4n) is 1.98. The molecule has 0 aliphatic carbocycles. The number of nitrogens with zero attached hydrogens (tertiary/aromatic N) is 5. The molecule has 0 fully saturated rings. The third kappa shape index (κ3) is 1.16. The normalized spacial score (nSPS) is 11.4. The second-order valence-corrected chi connectivity index (χ2v) is 4.60. The second kappa shape index (κ2) is 3.34. The van der Waals surface area contributed by atoms with Gasteiger partial charge >= 0.3 is 0 Å². The highest BCUT2D eigenvalue weighted by atomic mass is 127. The van der Waals surface area contributed by atoms with Crippen molar-refractivity contribution < 1.29 is 0 Å². The molecule has 3 aromatic heterocycles. The Bertz CT molecular complexity index is 644. The summed E-state index contributed by atoms with van der Waals surface area (Å²) >= 11 is 2.21. The Morgan fingerprint density at radius 2 is 1.62 bits per heavy atom. The summed E-state index contributed by atoms with van der Waals surface area (Å²) in [6.45, 7) is 1.98. The zero-order valence-electron chi connectivity index (χ0n) is 8.77. The van der Waals surface area contributed by atoms with Crippen LogP contribution in [0.1, 0.15) is 5.69 Å². The monoisotopic (exact) mass is 325 g/mol. The smallest absolute Gasteiger partial charge is 0.129 e. The summed E-state index contributed by atoms with van der Waals surface area (Å²) in [7, 11) is 1.99. The summed E-state index contributed by atoms with van der Waals surface area (Å²) in [4.78, 5) is 17.0. The van der Waals surface area contributed by atoms with E-state index in [1.165, 1.54) is 0 Å². The van der Waals surface area contributed by atoms with Crippen molar-refractivity contribution >= 4 is 44.7 Å². The van der Waals surface area contributed by atoms with Gasteiger partial charge in [0.15, 0.2) is 0 Å². The van der Waals surface area contributed by atoms with E-state index in [2.05, 4.69) is 47.1 Å². The molecule has 0 radical (unpaired) electrons. The van der Waals surface area contributed by atoms with Crippen LogP contribution < -0.4 is 0 Å². The second-order valence-electron chi connectivity index (χ2n) is 3.58. The fraction of sp³-hybridized carbons (Fsp3) is 0.200. The standard InChI is InChI=1S/C10H8IN5/c1-5-8-6(13-3-12-5)7-9(16(8)2)10(11)15-4-14-7/h3-4H,1-2H3. The number of rotatable bonds is 0. The minimum atomic E-state index is 0.891. The van der Waals surface area contributed by atoms with Gasteiger partial charge in [-0.15, -0.1) is 0 Å². The van der Waals surface area contributed by atoms with Crippen molar-refractivity contribution in [2.24, 2.45) is 7.05 Å². The van der Waals surface area contributed by atoms with E-state index in [0.29, 0.717) is 0 Å². The van der Waals surface area contributed by atoms with Crippen LogP contribution in [0.4, 0.5) is 0 Å². The molecular weight excluding hydrogens is 317 g/mol. The molecule has 0 spiro atoms. The quantitative estimate of drug-likeness (QED) is 0.467. The van der Waals surface area contributed by atoms with Crippen LogP contribution in [0.5, 0.6) is 0 Å². The van der Waals surface area contributed by atoms with Crippen LogP contribution >= 0.6 is 22.6 Å². The highest BCUT2D eigenvalue weighted by Gasteiger charge is 2.15. The van der Waals surface area contributed by atoms with Crippen molar-refractivity contribution in [1.82, 2.24) is 24.5 Å². The van der Waals surface area contributed by atoms with Crippen LogP contribution in [0.3, 0.4) is 0 Å². The van der Waals surface area contributed by atoms with Crippen LogP contribution in [-0.4, -0.2) is 24.5 Å². The molecule has 80 valence electrons. The molecule has 0 aromatic carbocycles. The van der Waals surface area contributed by atoms with Gasteiger partial charge in [-0.2, -0.15) is 0 Å². The summed E-state index contributed by atoms with van der Waals surface area (Å²) in [5.41, 5.74) is 4.78. The first-order valence-electron chi connectivity index (χ1n) is 4.76. The molecule has 0 saturated heterocycles. The van der Waals surface area contributed by atoms with Gasteiger partial charge in [0.05, 0.1) is 11.2 Å². The van der Waals surface area contributed by atoms with E-state index in [1.54, 1.807) is 12.7 Å². The maximum absolute atomic E-state index is 4.31. The van der Waals surface area contributed by atoms with Crippen LogP contribution in [0.2, 0.25) is 0 Å². The molecule has 5 nitrogen and oxygen atoms in total. The summed E-state index contributed by atoms with van der Waals surface area (Å²) < 4.78 is 2.99. The topological polar surface area (TPSA) is 56.5 Å². The number of aryl methyl sites for hydroxylation is 2. The van der Waals surface area contributed by atoms with Gasteiger partial charge in [-0.3, -0.25) is 0 Å². The van der Waals surface area contributed by atoms with E-state index in [0.717, 1.165) is 31.5 Å². The van der Waals surface area contributed by atoms with Crippen molar-refractivity contribution in [3.05, 3.63) is 22.0 Å². The third-order valence-corrected chi connectivity index (χ3v) is 3.47. The van der Waals surface area contributed by atoms with E-state index in [-0.39, 0.29) is 0 Å². The van der Waals surface area contributed by atoms with Gasteiger partial charge in [-0.05, 0) is 29.5 Å². The Morgan fingerprint density at radius 1 is 1.00 bits per heavy atom. The Hall–Kier alpha value is -1.31. The van der Waals surface area contributed by atoms with E-state index in [1.807, 2.05) is 14.0 Å². The lowest BCUT2D eigenvalue weighted by molar-refractivity contribution is 0.977. The van der Waals surface area contributed by atoms with Gasteiger partial charge in [-0.25, -0.2) is 19.9 Å². The first-order chi connectivity index (χ1) is 7.70. The van der Waals surface area contributed by atoms with Crippen molar-refractivity contribution in [3.63, 3.8) is 0 Å². The van der Waals surface area contributed by atoms with E-state index < -0.39 is 0 Å². The molecule has 0 unspecified atom stereocenters. The highest BCUT2D eigenvalue weighted by molar-refractivity contribution is 14.1. The lowest BCUT2D eigenvalue weighted by Gasteiger charge is -1.99. The first-order valence-corrected chi connectivity index (χ1v) is 5.84. The molecule has 6 heteroatoms. The van der Waals surface area contributed by atoms with Crippen molar-refractivity contribution in [2.45, 2.75) is 6.92 Å². The Balaban J connectivity index is 2.70. The number of aromatic nitrogens is 5. The van der Waals surface area contributed by atoms with Crippen LogP contribution in [0, 0.1) is 10.6 Å². The highest BCUT2D eigenvalue weighted by Crippen LogP contribution is 2.27. The third-order valence-electron chi connectivity index (χ3n) is 2.68. The maximum Gasteiger partial charge on any atom is 0.129 e. The largest absolute Gasteiger partial charge is 0.337 e. The van der Waals surface area contributed by atoms with Gasteiger partial charge in [0, 0.05) is 7.05 Å². The molecule has 0 saturated carbocycles. The molecule has 3 heterocycles. The van der Waals surface area contributed by atoms with Gasteiger partial charge < -0.3 is 4.57 Å². The van der Waals surface area contributed by atoms with Crippen molar-refractivity contribution in [2.75, 3.05) is 0 Å². The van der Waals surface area contributed by atoms with Gasteiger partial charge in [0.1, 0.15) is 32.9 Å². The summed E-state index contributed by atoms with van der Waals surface area (Å²) in [6, 6.07) is 0. The number of hydrogen-bond donors (Lipinski definition) is 0. The van der Waals surface area contributed by atoms with E-state index >= 15 is 0 Å². The SMILES string of the molecule is Cc1ncnc2c3ncnc(I)c3n(C)c12. The van der Waals surface area contributed by atoms with Crippen molar-refractivity contribution in [1.29, 1.82) is 0 Å². The zero-order chi connectivity index (χ0) is 11.3. The Morgan fingerprint density at radius 3 is 2.38 bits per heavy atom. The van der Waals surface area contributed by atoms with Crippen LogP contribution in [-0.2, 0) is 7.05 Å². The summed E-state index contributed by atoms with van der Waals surface area (Å²) in [5.74, 6) is 0. The summed E-state index contributed by atoms with van der Waals surface area (Å²) in [6.07, 6.45) is 3.15. The molecule has 0 atom stereocenters. The summed E-state index contributed by atoms with van der Waals surface area (Å²) in [5, 5.41) is 0. The van der Waals surface area contributed by atoms with Gasteiger partial charge in [-0.1, -0.05) is 0 Å². The predicted molar refractivity (Wildman–Crippen MR) is 69.1 cm³/mol. The Kier molecular flexibility index (Phi) is 2.06. The number of halogens is 1. The average molecular weight is 325 g/mol. The number of fused-ring (bicyclic) bond motifs is 3. The number of hydrogen-bond acceptors (Lipinski definition) is 4. The first kappa shape index (κ1) is 9.88. The van der Waals surface area contributed by atoms with Crippen LogP contribution in [0.25, 0.3) is 22.1 Å². The molecule has 16 heavy (non-hydrogen) atoms. The van der Waals surface area contributed by atoms with E-state index in [9.17, 15) is 0 Å². The zero-order valence-corrected chi connectivity index (χ0v) is 10.9. The molecular formula is C10H8IN5. The van der Waals surface area contributed by atoms with Gasteiger partial charge in [0.25, 0.3) is 0 Å². The molecule has 0 aliphatic rings. The molecule has 0 N–H and O–H groups in total. The predicted octanol–water partition coefficient (Wildman–Crippen LogP) is 1.82. The van der Waals surface area contributed by atoms with E-state index in [4.69, 9.17) is 0 Å². The van der Waals surface area contributed by atoms with Crippen LogP contribution in [0.15, 0.2) is 12.7 Å². The maximum atomic E-state index is 4.31. The minimum absolute atomic E-state index is 0.891.